The van der Waals surface area contributed by atoms with Crippen molar-refractivity contribution < 1.29 is 9.59 Å². The Hall–Kier alpha value is -1.59. The van der Waals surface area contributed by atoms with Gasteiger partial charge in [-0.05, 0) is 56.5 Å². The Bertz CT molecular complexity index is 535. The van der Waals surface area contributed by atoms with Crippen LogP contribution in [-0.4, -0.2) is 42.9 Å². The lowest BCUT2D eigenvalue weighted by Crippen LogP contribution is -2.37. The molecule has 0 radical (unpaired) electrons. The quantitative estimate of drug-likeness (QED) is 0.889. The lowest BCUT2D eigenvalue weighted by Gasteiger charge is -2.22. The maximum atomic E-state index is 12.3. The Morgan fingerprint density at radius 1 is 1.09 bits per heavy atom. The molecule has 2 aliphatic rings. The van der Waals surface area contributed by atoms with Crippen LogP contribution in [0.5, 0.6) is 0 Å². The van der Waals surface area contributed by atoms with Gasteiger partial charge in [-0.3, -0.25) is 9.59 Å². The predicted molar refractivity (Wildman–Crippen MR) is 93.1 cm³/mol. The van der Waals surface area contributed by atoms with Crippen LogP contribution in [0.25, 0.3) is 0 Å². The first-order valence-corrected chi connectivity index (χ1v) is 8.15. The molecule has 2 saturated heterocycles. The minimum Gasteiger partial charge on any atom is -0.339 e. The van der Waals surface area contributed by atoms with E-state index in [0.29, 0.717) is 5.56 Å². The van der Waals surface area contributed by atoms with Crippen molar-refractivity contribution in [2.45, 2.75) is 25.7 Å². The molecule has 2 fully saturated rings. The summed E-state index contributed by atoms with van der Waals surface area (Å²) in [6, 6.07) is 7.24. The van der Waals surface area contributed by atoms with Crippen molar-refractivity contribution in [2.75, 3.05) is 31.5 Å². The molecule has 2 amide bonds. The highest BCUT2D eigenvalue weighted by Gasteiger charge is 2.21. The number of likely N-dealkylation sites (tertiary alicyclic amines) is 1. The van der Waals surface area contributed by atoms with Crippen molar-refractivity contribution in [2.24, 2.45) is 5.92 Å². The molecular formula is C17H24ClN3O2. The number of halogens is 1. The van der Waals surface area contributed by atoms with Crippen LogP contribution in [0.1, 0.15) is 36.0 Å². The lowest BCUT2D eigenvalue weighted by molar-refractivity contribution is -0.120. The van der Waals surface area contributed by atoms with Gasteiger partial charge in [-0.15, -0.1) is 12.4 Å². The number of carbonyl (C=O) groups is 2. The van der Waals surface area contributed by atoms with Crippen molar-refractivity contribution in [3.63, 3.8) is 0 Å². The van der Waals surface area contributed by atoms with Gasteiger partial charge in [-0.1, -0.05) is 0 Å². The lowest BCUT2D eigenvalue weighted by atomic mass is 9.99. The molecular weight excluding hydrogens is 314 g/mol. The molecule has 3 rings (SSSR count). The topological polar surface area (TPSA) is 61.4 Å². The van der Waals surface area contributed by atoms with Crippen LogP contribution in [0.2, 0.25) is 0 Å². The smallest absolute Gasteiger partial charge is 0.253 e. The van der Waals surface area contributed by atoms with Gasteiger partial charge < -0.3 is 15.5 Å². The number of carbonyl (C=O) groups excluding carboxylic acids is 2. The summed E-state index contributed by atoms with van der Waals surface area (Å²) in [6.07, 6.45) is 4.16. The minimum atomic E-state index is 0. The van der Waals surface area contributed by atoms with Crippen molar-refractivity contribution in [3.05, 3.63) is 29.8 Å². The minimum absolute atomic E-state index is 0. The third-order valence-corrected chi connectivity index (χ3v) is 4.46. The van der Waals surface area contributed by atoms with E-state index in [1.165, 1.54) is 0 Å². The number of hydrogen-bond donors (Lipinski definition) is 2. The molecule has 2 aliphatic heterocycles. The largest absolute Gasteiger partial charge is 0.339 e. The average molecular weight is 338 g/mol. The zero-order chi connectivity index (χ0) is 15.4. The van der Waals surface area contributed by atoms with E-state index in [9.17, 15) is 9.59 Å². The molecule has 0 aromatic heterocycles. The number of amides is 2. The van der Waals surface area contributed by atoms with E-state index >= 15 is 0 Å². The summed E-state index contributed by atoms with van der Waals surface area (Å²) in [6.45, 7) is 3.45. The molecule has 0 aliphatic carbocycles. The van der Waals surface area contributed by atoms with Crippen molar-refractivity contribution >= 4 is 29.9 Å². The summed E-state index contributed by atoms with van der Waals surface area (Å²) in [5, 5.41) is 6.19. The van der Waals surface area contributed by atoms with Gasteiger partial charge in [-0.25, -0.2) is 0 Å². The van der Waals surface area contributed by atoms with E-state index in [0.717, 1.165) is 57.5 Å². The van der Waals surface area contributed by atoms with Gasteiger partial charge in [0.1, 0.15) is 0 Å². The summed E-state index contributed by atoms with van der Waals surface area (Å²) >= 11 is 0. The maximum Gasteiger partial charge on any atom is 0.253 e. The summed E-state index contributed by atoms with van der Waals surface area (Å²) in [4.78, 5) is 26.3. The molecule has 6 heteroatoms. The van der Waals surface area contributed by atoms with Crippen molar-refractivity contribution in [1.82, 2.24) is 10.2 Å². The second-order valence-corrected chi connectivity index (χ2v) is 6.11. The third-order valence-electron chi connectivity index (χ3n) is 4.46. The molecule has 126 valence electrons. The number of rotatable bonds is 3. The van der Waals surface area contributed by atoms with Crippen LogP contribution in [0.4, 0.5) is 5.69 Å². The van der Waals surface area contributed by atoms with Gasteiger partial charge in [0.15, 0.2) is 0 Å². The Morgan fingerprint density at radius 2 is 1.78 bits per heavy atom. The zero-order valence-electron chi connectivity index (χ0n) is 13.2. The highest BCUT2D eigenvalue weighted by Crippen LogP contribution is 2.17. The standard InChI is InChI=1S/C17H23N3O2.ClH/c21-16(14-4-3-9-18-12-14)19-15-7-5-13(6-8-15)17(22)20-10-1-2-11-20;/h5-8,14,18H,1-4,9-12H2,(H,19,21);1H. The molecule has 1 aromatic carbocycles. The Balaban J connectivity index is 0.00000192. The number of benzene rings is 1. The Kier molecular flexibility index (Phi) is 6.42. The van der Waals surface area contributed by atoms with E-state index in [1.807, 2.05) is 17.0 Å². The van der Waals surface area contributed by atoms with Crippen molar-refractivity contribution in [1.29, 1.82) is 0 Å². The second-order valence-electron chi connectivity index (χ2n) is 6.11. The molecule has 5 nitrogen and oxygen atoms in total. The molecule has 1 aromatic rings. The number of piperidine rings is 1. The van der Waals surface area contributed by atoms with E-state index in [-0.39, 0.29) is 30.1 Å². The summed E-state index contributed by atoms with van der Waals surface area (Å²) in [5.74, 6) is 0.192. The zero-order valence-corrected chi connectivity index (χ0v) is 14.0. The van der Waals surface area contributed by atoms with Gasteiger partial charge >= 0.3 is 0 Å². The van der Waals surface area contributed by atoms with Crippen LogP contribution in [-0.2, 0) is 4.79 Å². The molecule has 2 N–H and O–H groups in total. The second kappa shape index (κ2) is 8.31. The first-order chi connectivity index (χ1) is 10.7. The van der Waals surface area contributed by atoms with Crippen LogP contribution < -0.4 is 10.6 Å². The fraction of sp³-hybridized carbons (Fsp3) is 0.529. The number of nitrogens with one attached hydrogen (secondary N) is 2. The Morgan fingerprint density at radius 3 is 2.39 bits per heavy atom. The van der Waals surface area contributed by atoms with Crippen LogP contribution in [0.15, 0.2) is 24.3 Å². The van der Waals surface area contributed by atoms with Gasteiger partial charge in [0, 0.05) is 30.9 Å². The Labute approximate surface area is 143 Å². The summed E-state index contributed by atoms with van der Waals surface area (Å²) in [7, 11) is 0. The molecule has 2 heterocycles. The van der Waals surface area contributed by atoms with E-state index in [4.69, 9.17) is 0 Å². The van der Waals surface area contributed by atoms with Crippen LogP contribution in [0, 0.1) is 5.92 Å². The average Bonchev–Trinajstić information content (AvgIpc) is 3.10. The van der Waals surface area contributed by atoms with E-state index in [1.54, 1.807) is 12.1 Å². The number of hydrogen-bond acceptors (Lipinski definition) is 3. The molecule has 1 unspecified atom stereocenters. The predicted octanol–water partition coefficient (Wildman–Crippen LogP) is 2.28. The third kappa shape index (κ3) is 4.45. The SMILES string of the molecule is Cl.O=C(Nc1ccc(C(=O)N2CCCC2)cc1)C1CCCNC1. The van der Waals surface area contributed by atoms with Crippen molar-refractivity contribution in [3.8, 4) is 0 Å². The van der Waals surface area contributed by atoms with Crippen LogP contribution >= 0.6 is 12.4 Å². The van der Waals surface area contributed by atoms with Gasteiger partial charge in [0.2, 0.25) is 5.91 Å². The highest BCUT2D eigenvalue weighted by molar-refractivity contribution is 5.96. The molecule has 0 saturated carbocycles. The van der Waals surface area contributed by atoms with E-state index in [2.05, 4.69) is 10.6 Å². The van der Waals surface area contributed by atoms with Gasteiger partial charge in [-0.2, -0.15) is 0 Å². The summed E-state index contributed by atoms with van der Waals surface area (Å²) in [5.41, 5.74) is 1.45. The fourth-order valence-corrected chi connectivity index (χ4v) is 3.12. The van der Waals surface area contributed by atoms with Gasteiger partial charge in [0.05, 0.1) is 5.92 Å². The van der Waals surface area contributed by atoms with Crippen LogP contribution in [0.3, 0.4) is 0 Å². The first-order valence-electron chi connectivity index (χ1n) is 8.15. The number of nitrogens with zero attached hydrogens (tertiary/aromatic N) is 1. The van der Waals surface area contributed by atoms with Gasteiger partial charge in [0.25, 0.3) is 5.91 Å². The molecule has 23 heavy (non-hydrogen) atoms. The maximum absolute atomic E-state index is 12.3. The summed E-state index contributed by atoms with van der Waals surface area (Å²) < 4.78 is 0. The molecule has 1 atom stereocenters. The normalized spacial score (nSPS) is 20.7. The monoisotopic (exact) mass is 337 g/mol. The molecule has 0 bridgehead atoms. The fourth-order valence-electron chi connectivity index (χ4n) is 3.12. The highest BCUT2D eigenvalue weighted by atomic mass is 35.5. The van der Waals surface area contributed by atoms with E-state index < -0.39 is 0 Å². The number of anilines is 1. The molecule has 0 spiro atoms. The first kappa shape index (κ1) is 17.8.